The van der Waals surface area contributed by atoms with Crippen LogP contribution in [0.3, 0.4) is 0 Å². The molecule has 0 amide bonds. The number of hydrogen-bond donors (Lipinski definition) is 2. The zero-order chi connectivity index (χ0) is 10.8. The number of fused-ring (bicyclic) bond motifs is 1. The maximum absolute atomic E-state index is 11.0. The molecule has 3 heteroatoms. The van der Waals surface area contributed by atoms with Gasteiger partial charge in [-0.15, -0.1) is 0 Å². The van der Waals surface area contributed by atoms with Crippen molar-refractivity contribution in [3.05, 3.63) is 36.0 Å². The van der Waals surface area contributed by atoms with Crippen molar-refractivity contribution in [3.63, 3.8) is 0 Å². The molecule has 0 spiro atoms. The summed E-state index contributed by atoms with van der Waals surface area (Å²) in [6.07, 6.45) is 2.47. The number of H-pyrrole nitrogens is 1. The molecule has 1 atom stereocenters. The third-order valence-corrected chi connectivity index (χ3v) is 2.69. The van der Waals surface area contributed by atoms with Gasteiger partial charge in [0.2, 0.25) is 0 Å². The molecule has 0 bridgehead atoms. The summed E-state index contributed by atoms with van der Waals surface area (Å²) in [4.78, 5) is 14.1. The first-order valence-electron chi connectivity index (χ1n) is 5.02. The number of nitrogens with one attached hydrogen (secondary N) is 1. The number of aromatic nitrogens is 1. The largest absolute Gasteiger partial charge is 0.481 e. The summed E-state index contributed by atoms with van der Waals surface area (Å²) in [6.45, 7) is 1.89. The van der Waals surface area contributed by atoms with Crippen LogP contribution in [0.1, 0.15) is 24.8 Å². The molecule has 15 heavy (non-hydrogen) atoms. The lowest BCUT2D eigenvalue weighted by Gasteiger charge is -2.09. The van der Waals surface area contributed by atoms with E-state index in [0.29, 0.717) is 6.42 Å². The minimum absolute atomic E-state index is 0.399. The van der Waals surface area contributed by atoms with Crippen LogP contribution in [0.15, 0.2) is 30.5 Å². The lowest BCUT2D eigenvalue weighted by Crippen LogP contribution is -2.10. The van der Waals surface area contributed by atoms with Gasteiger partial charge in [-0.1, -0.05) is 13.0 Å². The molecule has 2 rings (SSSR count). The molecule has 0 aliphatic carbocycles. The molecule has 1 aromatic heterocycles. The van der Waals surface area contributed by atoms with E-state index in [1.54, 1.807) is 0 Å². The number of carboxylic acid groups (broad SMARTS) is 1. The molecule has 0 aliphatic heterocycles. The van der Waals surface area contributed by atoms with E-state index < -0.39 is 11.9 Å². The second kappa shape index (κ2) is 3.77. The van der Waals surface area contributed by atoms with Crippen molar-refractivity contribution < 1.29 is 9.90 Å². The summed E-state index contributed by atoms with van der Waals surface area (Å²) >= 11 is 0. The van der Waals surface area contributed by atoms with Gasteiger partial charge in [0.1, 0.15) is 0 Å². The zero-order valence-electron chi connectivity index (χ0n) is 8.53. The van der Waals surface area contributed by atoms with Gasteiger partial charge < -0.3 is 10.1 Å². The van der Waals surface area contributed by atoms with E-state index >= 15 is 0 Å². The summed E-state index contributed by atoms with van der Waals surface area (Å²) < 4.78 is 0. The Labute approximate surface area is 87.7 Å². The van der Waals surface area contributed by atoms with Crippen molar-refractivity contribution in [1.29, 1.82) is 0 Å². The average molecular weight is 203 g/mol. The number of rotatable bonds is 3. The molecule has 0 aliphatic rings. The summed E-state index contributed by atoms with van der Waals surface area (Å²) in [6, 6.07) is 7.69. The van der Waals surface area contributed by atoms with E-state index in [0.717, 1.165) is 16.5 Å². The molecule has 2 aromatic rings. The van der Waals surface area contributed by atoms with Crippen LogP contribution < -0.4 is 0 Å². The normalized spacial score (nSPS) is 12.9. The van der Waals surface area contributed by atoms with Crippen LogP contribution in [0, 0.1) is 0 Å². The second-order valence-corrected chi connectivity index (χ2v) is 3.62. The maximum Gasteiger partial charge on any atom is 0.310 e. The van der Waals surface area contributed by atoms with Crippen molar-refractivity contribution in [2.24, 2.45) is 0 Å². The number of carboxylic acids is 1. The van der Waals surface area contributed by atoms with Crippen molar-refractivity contribution >= 4 is 16.9 Å². The van der Waals surface area contributed by atoms with Crippen LogP contribution in [0.4, 0.5) is 0 Å². The molecule has 0 saturated carbocycles. The van der Waals surface area contributed by atoms with Crippen LogP contribution in [0.5, 0.6) is 0 Å². The molecular weight excluding hydrogens is 190 g/mol. The van der Waals surface area contributed by atoms with Crippen molar-refractivity contribution in [2.75, 3.05) is 0 Å². The summed E-state index contributed by atoms with van der Waals surface area (Å²) in [5.74, 6) is -1.16. The van der Waals surface area contributed by atoms with Crippen molar-refractivity contribution in [1.82, 2.24) is 4.98 Å². The van der Waals surface area contributed by atoms with Gasteiger partial charge in [0.15, 0.2) is 0 Å². The van der Waals surface area contributed by atoms with E-state index in [-0.39, 0.29) is 0 Å². The predicted molar refractivity (Wildman–Crippen MR) is 59.0 cm³/mol. The third kappa shape index (κ3) is 1.73. The molecule has 1 aromatic carbocycles. The van der Waals surface area contributed by atoms with Crippen LogP contribution >= 0.6 is 0 Å². The number of carbonyl (C=O) groups is 1. The molecule has 1 unspecified atom stereocenters. The topological polar surface area (TPSA) is 53.1 Å². The number of aliphatic carboxylic acids is 1. The summed E-state index contributed by atoms with van der Waals surface area (Å²) in [5.41, 5.74) is 1.91. The van der Waals surface area contributed by atoms with Crippen LogP contribution in [-0.2, 0) is 4.79 Å². The lowest BCUT2D eigenvalue weighted by atomic mass is 9.96. The van der Waals surface area contributed by atoms with E-state index in [1.165, 1.54) is 0 Å². The standard InChI is InChI=1S/C12H13NO2/c1-2-10(12(14)15)8-3-4-11-9(7-8)5-6-13-11/h3-7,10,13H,2H2,1H3,(H,14,15). The molecule has 0 fully saturated rings. The fourth-order valence-corrected chi connectivity index (χ4v) is 1.84. The van der Waals surface area contributed by atoms with Gasteiger partial charge in [-0.2, -0.15) is 0 Å². The highest BCUT2D eigenvalue weighted by molar-refractivity contribution is 5.83. The van der Waals surface area contributed by atoms with Crippen molar-refractivity contribution in [3.8, 4) is 0 Å². The number of hydrogen-bond acceptors (Lipinski definition) is 1. The van der Waals surface area contributed by atoms with Gasteiger partial charge in [0.05, 0.1) is 5.92 Å². The van der Waals surface area contributed by atoms with E-state index in [1.807, 2.05) is 37.4 Å². The Kier molecular flexibility index (Phi) is 2.46. The van der Waals surface area contributed by atoms with Gasteiger partial charge in [-0.3, -0.25) is 4.79 Å². The number of benzene rings is 1. The average Bonchev–Trinajstić information content (AvgIpc) is 2.65. The highest BCUT2D eigenvalue weighted by atomic mass is 16.4. The Hall–Kier alpha value is -1.77. The minimum atomic E-state index is -0.757. The lowest BCUT2D eigenvalue weighted by molar-refractivity contribution is -0.138. The first-order chi connectivity index (χ1) is 7.22. The predicted octanol–water partition coefficient (Wildman–Crippen LogP) is 2.75. The Bertz CT molecular complexity index is 487. The minimum Gasteiger partial charge on any atom is -0.481 e. The van der Waals surface area contributed by atoms with Crippen molar-refractivity contribution in [2.45, 2.75) is 19.3 Å². The maximum atomic E-state index is 11.0. The molecule has 2 N–H and O–H groups in total. The summed E-state index contributed by atoms with van der Waals surface area (Å²) in [5, 5.41) is 10.1. The second-order valence-electron chi connectivity index (χ2n) is 3.62. The SMILES string of the molecule is CCC(C(=O)O)c1ccc2[nH]ccc2c1. The smallest absolute Gasteiger partial charge is 0.310 e. The van der Waals surface area contributed by atoms with Gasteiger partial charge in [0, 0.05) is 11.7 Å². The molecule has 0 saturated heterocycles. The quantitative estimate of drug-likeness (QED) is 0.805. The first kappa shape index (κ1) is 9.77. The zero-order valence-corrected chi connectivity index (χ0v) is 8.53. The number of aromatic amines is 1. The van der Waals surface area contributed by atoms with E-state index in [4.69, 9.17) is 5.11 Å². The third-order valence-electron chi connectivity index (χ3n) is 2.69. The van der Waals surface area contributed by atoms with Crippen LogP contribution in [0.2, 0.25) is 0 Å². The molecule has 3 nitrogen and oxygen atoms in total. The van der Waals surface area contributed by atoms with Gasteiger partial charge >= 0.3 is 5.97 Å². The Morgan fingerprint density at radius 1 is 1.47 bits per heavy atom. The Morgan fingerprint density at radius 2 is 2.27 bits per heavy atom. The highest BCUT2D eigenvalue weighted by Crippen LogP contribution is 2.23. The fourth-order valence-electron chi connectivity index (χ4n) is 1.84. The monoisotopic (exact) mass is 203 g/mol. The molecular formula is C12H13NO2. The van der Waals surface area contributed by atoms with Gasteiger partial charge in [0.25, 0.3) is 0 Å². The van der Waals surface area contributed by atoms with E-state index in [9.17, 15) is 4.79 Å². The summed E-state index contributed by atoms with van der Waals surface area (Å²) in [7, 11) is 0. The van der Waals surface area contributed by atoms with Gasteiger partial charge in [-0.25, -0.2) is 0 Å². The first-order valence-corrected chi connectivity index (χ1v) is 5.02. The molecule has 0 radical (unpaired) electrons. The van der Waals surface area contributed by atoms with Gasteiger partial charge in [-0.05, 0) is 35.6 Å². The fraction of sp³-hybridized carbons (Fsp3) is 0.250. The molecule has 1 heterocycles. The highest BCUT2D eigenvalue weighted by Gasteiger charge is 2.17. The van der Waals surface area contributed by atoms with Crippen LogP contribution in [0.25, 0.3) is 10.9 Å². The van der Waals surface area contributed by atoms with Crippen LogP contribution in [-0.4, -0.2) is 16.1 Å². The Morgan fingerprint density at radius 3 is 2.93 bits per heavy atom. The van der Waals surface area contributed by atoms with E-state index in [2.05, 4.69) is 4.98 Å². The Balaban J connectivity index is 2.46. The molecule has 78 valence electrons.